The third kappa shape index (κ3) is 5.32. The van der Waals surface area contributed by atoms with Crippen LogP contribution in [0.2, 0.25) is 0 Å². The number of hydrogen-bond donors (Lipinski definition) is 0. The van der Waals surface area contributed by atoms with Crippen molar-refractivity contribution < 1.29 is 9.53 Å². The summed E-state index contributed by atoms with van der Waals surface area (Å²) in [5, 5.41) is 2.07. The van der Waals surface area contributed by atoms with Crippen LogP contribution in [-0.2, 0) is 9.53 Å². The van der Waals surface area contributed by atoms with Crippen molar-refractivity contribution in [3.05, 3.63) is 0 Å². The van der Waals surface area contributed by atoms with Crippen molar-refractivity contribution in [3.63, 3.8) is 0 Å². The normalized spacial score (nSPS) is 6.75. The summed E-state index contributed by atoms with van der Waals surface area (Å²) in [6, 6.07) is 0. The lowest BCUT2D eigenvalue weighted by Crippen LogP contribution is -1.97. The van der Waals surface area contributed by atoms with E-state index in [0.29, 0.717) is 0 Å². The molecule has 0 aliphatic rings. The predicted molar refractivity (Wildman–Crippen MR) is 30.3 cm³/mol. The molecule has 0 amide bonds. The Morgan fingerprint density at radius 2 is 2.50 bits per heavy atom. The van der Waals surface area contributed by atoms with E-state index in [0.717, 1.165) is 0 Å². The standard InChI is InChI=1S/C5H5ClO2/c1-5(7)8-4-2-3-6/h4H2,1H3. The van der Waals surface area contributed by atoms with Crippen LogP contribution in [0, 0.1) is 11.3 Å². The van der Waals surface area contributed by atoms with Gasteiger partial charge in [-0.2, -0.15) is 0 Å². The number of carbonyl (C=O) groups excluding carboxylic acids is 1. The van der Waals surface area contributed by atoms with E-state index in [9.17, 15) is 4.79 Å². The molecule has 0 aromatic carbocycles. The van der Waals surface area contributed by atoms with Crippen molar-refractivity contribution in [2.45, 2.75) is 6.92 Å². The largest absolute Gasteiger partial charge is 0.453 e. The second kappa shape index (κ2) is 4.48. The van der Waals surface area contributed by atoms with Gasteiger partial charge in [0.15, 0.2) is 6.61 Å². The van der Waals surface area contributed by atoms with Gasteiger partial charge in [0.1, 0.15) is 0 Å². The third-order valence-electron chi connectivity index (χ3n) is 0.414. The van der Waals surface area contributed by atoms with E-state index < -0.39 is 0 Å². The van der Waals surface area contributed by atoms with Crippen LogP contribution in [0.1, 0.15) is 6.92 Å². The van der Waals surface area contributed by atoms with Gasteiger partial charge in [-0.15, -0.1) is 0 Å². The Morgan fingerprint density at radius 3 is 2.88 bits per heavy atom. The minimum atomic E-state index is -0.343. The Balaban J connectivity index is 3.14. The van der Waals surface area contributed by atoms with Gasteiger partial charge >= 0.3 is 5.97 Å². The van der Waals surface area contributed by atoms with Gasteiger partial charge in [-0.1, -0.05) is 0 Å². The first-order chi connectivity index (χ1) is 3.77. The second-order valence-corrected chi connectivity index (χ2v) is 1.24. The summed E-state index contributed by atoms with van der Waals surface area (Å²) in [5.41, 5.74) is 0. The molecule has 0 aromatic heterocycles. The van der Waals surface area contributed by atoms with E-state index in [1.165, 1.54) is 6.92 Å². The lowest BCUT2D eigenvalue weighted by Gasteiger charge is -1.89. The molecule has 44 valence electrons. The Labute approximate surface area is 52.8 Å². The summed E-state index contributed by atoms with van der Waals surface area (Å²) in [5.74, 6) is 2.01. The van der Waals surface area contributed by atoms with E-state index in [2.05, 4.69) is 16.0 Å². The van der Waals surface area contributed by atoms with Crippen LogP contribution in [0.5, 0.6) is 0 Å². The molecule has 0 aliphatic heterocycles. The van der Waals surface area contributed by atoms with Gasteiger partial charge in [-0.25, -0.2) is 0 Å². The molecule has 0 heterocycles. The molecule has 0 atom stereocenters. The highest BCUT2D eigenvalue weighted by atomic mass is 35.5. The van der Waals surface area contributed by atoms with Crippen molar-refractivity contribution in [2.24, 2.45) is 0 Å². The number of hydrogen-bond acceptors (Lipinski definition) is 2. The van der Waals surface area contributed by atoms with Gasteiger partial charge in [-0.05, 0) is 17.5 Å². The van der Waals surface area contributed by atoms with E-state index in [4.69, 9.17) is 11.6 Å². The van der Waals surface area contributed by atoms with Gasteiger partial charge in [0.2, 0.25) is 0 Å². The summed E-state index contributed by atoms with van der Waals surface area (Å²) in [4.78, 5) is 9.99. The molecule has 3 heteroatoms. The summed E-state index contributed by atoms with van der Waals surface area (Å²) in [7, 11) is 0. The monoisotopic (exact) mass is 132 g/mol. The highest BCUT2D eigenvalue weighted by Crippen LogP contribution is 1.72. The van der Waals surface area contributed by atoms with Gasteiger partial charge in [0.05, 0.1) is 0 Å². The zero-order valence-electron chi connectivity index (χ0n) is 4.40. The van der Waals surface area contributed by atoms with Crippen LogP contribution in [0.3, 0.4) is 0 Å². The lowest BCUT2D eigenvalue weighted by atomic mass is 10.7. The summed E-state index contributed by atoms with van der Waals surface area (Å²) < 4.78 is 4.39. The molecule has 0 spiro atoms. The average molecular weight is 133 g/mol. The molecule has 0 aromatic rings. The smallest absolute Gasteiger partial charge is 0.303 e. The van der Waals surface area contributed by atoms with Crippen molar-refractivity contribution in [1.82, 2.24) is 0 Å². The average Bonchev–Trinajstić information content (AvgIpc) is 1.66. The molecule has 0 saturated heterocycles. The minimum Gasteiger partial charge on any atom is -0.453 e. The molecule has 0 bridgehead atoms. The Hall–Kier alpha value is -0.680. The quantitative estimate of drug-likeness (QED) is 0.389. The van der Waals surface area contributed by atoms with Crippen LogP contribution in [0.25, 0.3) is 0 Å². The highest BCUT2D eigenvalue weighted by Gasteiger charge is 1.84. The SMILES string of the molecule is CC(=O)OCC#CCl. The fraction of sp³-hybridized carbons (Fsp3) is 0.400. The zero-order chi connectivity index (χ0) is 6.41. The molecular weight excluding hydrogens is 128 g/mol. The molecule has 2 nitrogen and oxygen atoms in total. The molecular formula is C5H5ClO2. The first kappa shape index (κ1) is 7.32. The van der Waals surface area contributed by atoms with Gasteiger partial charge in [0, 0.05) is 12.3 Å². The predicted octanol–water partition coefficient (Wildman–Crippen LogP) is 0.749. The molecule has 0 aliphatic carbocycles. The number of rotatable bonds is 1. The van der Waals surface area contributed by atoms with Crippen LogP contribution in [0.15, 0.2) is 0 Å². The number of carbonyl (C=O) groups is 1. The molecule has 0 saturated carbocycles. The maximum atomic E-state index is 9.99. The van der Waals surface area contributed by atoms with E-state index >= 15 is 0 Å². The van der Waals surface area contributed by atoms with E-state index in [1.807, 2.05) is 0 Å². The third-order valence-corrected chi connectivity index (χ3v) is 0.548. The Morgan fingerprint density at radius 1 is 1.88 bits per heavy atom. The molecule has 0 unspecified atom stereocenters. The maximum absolute atomic E-state index is 9.99. The van der Waals surface area contributed by atoms with Crippen LogP contribution < -0.4 is 0 Å². The lowest BCUT2D eigenvalue weighted by molar-refractivity contribution is -0.139. The summed E-state index contributed by atoms with van der Waals surface area (Å²) in [6.07, 6.45) is 0. The molecule has 0 rings (SSSR count). The van der Waals surface area contributed by atoms with Crippen molar-refractivity contribution in [1.29, 1.82) is 0 Å². The van der Waals surface area contributed by atoms with Crippen molar-refractivity contribution >= 4 is 17.6 Å². The topological polar surface area (TPSA) is 26.3 Å². The number of halogens is 1. The number of esters is 1. The van der Waals surface area contributed by atoms with Gasteiger partial charge in [0.25, 0.3) is 0 Å². The van der Waals surface area contributed by atoms with Crippen molar-refractivity contribution in [3.8, 4) is 11.3 Å². The number of ether oxygens (including phenoxy) is 1. The van der Waals surface area contributed by atoms with Gasteiger partial charge < -0.3 is 4.74 Å². The fourth-order valence-corrected chi connectivity index (χ4v) is 0.220. The molecule has 8 heavy (non-hydrogen) atoms. The first-order valence-electron chi connectivity index (χ1n) is 1.99. The minimum absolute atomic E-state index is 0.0822. The zero-order valence-corrected chi connectivity index (χ0v) is 5.16. The maximum Gasteiger partial charge on any atom is 0.303 e. The van der Waals surface area contributed by atoms with Crippen molar-refractivity contribution in [2.75, 3.05) is 6.61 Å². The summed E-state index contributed by atoms with van der Waals surface area (Å²) >= 11 is 4.93. The highest BCUT2D eigenvalue weighted by molar-refractivity contribution is 6.30. The van der Waals surface area contributed by atoms with Crippen LogP contribution in [-0.4, -0.2) is 12.6 Å². The fourth-order valence-electron chi connectivity index (χ4n) is 0.165. The molecule has 0 radical (unpaired) electrons. The first-order valence-corrected chi connectivity index (χ1v) is 2.37. The van der Waals surface area contributed by atoms with Crippen LogP contribution >= 0.6 is 11.6 Å². The van der Waals surface area contributed by atoms with E-state index in [-0.39, 0.29) is 12.6 Å². The summed E-state index contributed by atoms with van der Waals surface area (Å²) in [6.45, 7) is 1.40. The van der Waals surface area contributed by atoms with Crippen LogP contribution in [0.4, 0.5) is 0 Å². The van der Waals surface area contributed by atoms with E-state index in [1.54, 1.807) is 0 Å². The molecule has 0 fully saturated rings. The Kier molecular flexibility index (Phi) is 4.10. The second-order valence-electron chi connectivity index (χ2n) is 1.05. The van der Waals surface area contributed by atoms with Gasteiger partial charge in [-0.3, -0.25) is 4.79 Å². The Bertz CT molecular complexity index is 131. The molecule has 0 N–H and O–H groups in total.